The molecule has 7 heteroatoms. The summed E-state index contributed by atoms with van der Waals surface area (Å²) in [6, 6.07) is 17.3. The van der Waals surface area contributed by atoms with E-state index in [0.29, 0.717) is 34.6 Å². The first-order valence-electron chi connectivity index (χ1n) is 10.5. The summed E-state index contributed by atoms with van der Waals surface area (Å²) in [5.41, 5.74) is 5.44. The molecule has 0 aliphatic carbocycles. The number of fused-ring (bicyclic) bond motifs is 1. The maximum absolute atomic E-state index is 13.8. The number of benzene rings is 3. The highest BCUT2D eigenvalue weighted by Crippen LogP contribution is 2.29. The molecule has 0 unspecified atom stereocenters. The molecule has 168 valence electrons. The van der Waals surface area contributed by atoms with Gasteiger partial charge in [-0.15, -0.1) is 0 Å². The molecule has 3 aromatic carbocycles. The fourth-order valence-corrected chi connectivity index (χ4v) is 4.18. The molecule has 2 amide bonds. The number of hydrogen-bond acceptors (Lipinski definition) is 2. The predicted octanol–water partition coefficient (Wildman–Crippen LogP) is 5.27. The molecule has 1 heterocycles. The highest BCUT2D eigenvalue weighted by molar-refractivity contribution is 6.35. The van der Waals surface area contributed by atoms with E-state index in [9.17, 15) is 14.0 Å². The minimum Gasteiger partial charge on any atom is -0.357 e. The molecule has 0 aliphatic rings. The lowest BCUT2D eigenvalue weighted by molar-refractivity contribution is 0.0949. The maximum Gasteiger partial charge on any atom is 0.251 e. The molecule has 0 aliphatic heterocycles. The van der Waals surface area contributed by atoms with Crippen molar-refractivity contribution in [1.29, 1.82) is 0 Å². The van der Waals surface area contributed by atoms with Gasteiger partial charge in [-0.05, 0) is 66.4 Å². The van der Waals surface area contributed by atoms with Crippen LogP contribution >= 0.6 is 11.6 Å². The second kappa shape index (κ2) is 9.46. The number of carbonyl (C=O) groups is 2. The van der Waals surface area contributed by atoms with E-state index in [4.69, 9.17) is 11.6 Å². The van der Waals surface area contributed by atoms with Crippen LogP contribution in [0.5, 0.6) is 0 Å². The van der Waals surface area contributed by atoms with Crippen molar-refractivity contribution in [2.75, 3.05) is 13.6 Å². The molecule has 1 aromatic heterocycles. The highest BCUT2D eigenvalue weighted by Gasteiger charge is 2.13. The summed E-state index contributed by atoms with van der Waals surface area (Å²) in [7, 11) is 1.59. The van der Waals surface area contributed by atoms with E-state index in [2.05, 4.69) is 15.6 Å². The van der Waals surface area contributed by atoms with Crippen LogP contribution in [-0.4, -0.2) is 30.4 Å². The van der Waals surface area contributed by atoms with E-state index < -0.39 is 5.82 Å². The van der Waals surface area contributed by atoms with Crippen molar-refractivity contribution >= 4 is 34.3 Å². The largest absolute Gasteiger partial charge is 0.357 e. The van der Waals surface area contributed by atoms with Crippen LogP contribution in [0.15, 0.2) is 60.7 Å². The second-order valence-corrected chi connectivity index (χ2v) is 8.19. The van der Waals surface area contributed by atoms with Crippen molar-refractivity contribution in [1.82, 2.24) is 15.6 Å². The zero-order valence-corrected chi connectivity index (χ0v) is 19.0. The van der Waals surface area contributed by atoms with Crippen LogP contribution in [0.3, 0.4) is 0 Å². The van der Waals surface area contributed by atoms with E-state index in [1.165, 1.54) is 12.1 Å². The van der Waals surface area contributed by atoms with Gasteiger partial charge in [0.2, 0.25) is 0 Å². The zero-order chi connectivity index (χ0) is 23.5. The number of aryl methyl sites for hydroxylation is 1. The van der Waals surface area contributed by atoms with Crippen LogP contribution in [0, 0.1) is 12.7 Å². The monoisotopic (exact) mass is 463 g/mol. The molecule has 0 spiro atoms. The summed E-state index contributed by atoms with van der Waals surface area (Å²) in [6.07, 6.45) is 0.543. The standard InChI is InChI=1S/C26H23ClFN3O2/c1-15-21(22-13-20(28)14-23(27)24(22)31-15)10-11-30-26(33)17-8-6-16(7-9-17)18-4-3-5-19(12-18)25(32)29-2/h3-9,12-14,31H,10-11H2,1-2H3,(H,29,32)(H,30,33). The second-order valence-electron chi connectivity index (χ2n) is 7.78. The first-order valence-corrected chi connectivity index (χ1v) is 10.9. The normalized spacial score (nSPS) is 10.9. The Hall–Kier alpha value is -3.64. The van der Waals surface area contributed by atoms with Crippen molar-refractivity contribution in [3.05, 3.63) is 93.9 Å². The molecule has 3 N–H and O–H groups in total. The Morgan fingerprint density at radius 3 is 2.45 bits per heavy atom. The van der Waals surface area contributed by atoms with Crippen LogP contribution < -0.4 is 10.6 Å². The Balaban J connectivity index is 1.43. The molecule has 0 saturated heterocycles. The van der Waals surface area contributed by atoms with E-state index in [1.807, 2.05) is 37.3 Å². The van der Waals surface area contributed by atoms with Gasteiger partial charge in [0.15, 0.2) is 0 Å². The van der Waals surface area contributed by atoms with E-state index in [-0.39, 0.29) is 11.8 Å². The number of rotatable bonds is 6. The van der Waals surface area contributed by atoms with Gasteiger partial charge < -0.3 is 15.6 Å². The Morgan fingerprint density at radius 1 is 0.970 bits per heavy atom. The molecule has 0 radical (unpaired) electrons. The van der Waals surface area contributed by atoms with E-state index in [1.54, 1.807) is 25.2 Å². The third-order valence-corrected chi connectivity index (χ3v) is 5.94. The fraction of sp³-hybridized carbons (Fsp3) is 0.154. The molecule has 4 rings (SSSR count). The summed E-state index contributed by atoms with van der Waals surface area (Å²) in [5, 5.41) is 6.60. The molecule has 4 aromatic rings. The third kappa shape index (κ3) is 4.76. The molecular formula is C26H23ClFN3O2. The quantitative estimate of drug-likeness (QED) is 0.364. The molecule has 0 fully saturated rings. The van der Waals surface area contributed by atoms with Crippen molar-refractivity contribution in [3.8, 4) is 11.1 Å². The van der Waals surface area contributed by atoms with Gasteiger partial charge in [0.25, 0.3) is 11.8 Å². The summed E-state index contributed by atoms with van der Waals surface area (Å²) in [5.74, 6) is -0.733. The zero-order valence-electron chi connectivity index (χ0n) is 18.3. The average molecular weight is 464 g/mol. The molecule has 5 nitrogen and oxygen atoms in total. The Kier molecular flexibility index (Phi) is 6.47. The number of aromatic nitrogens is 1. The minimum absolute atomic E-state index is 0.150. The van der Waals surface area contributed by atoms with Gasteiger partial charge in [0, 0.05) is 35.8 Å². The minimum atomic E-state index is -0.391. The number of aromatic amines is 1. The van der Waals surface area contributed by atoms with Crippen molar-refractivity contribution in [2.45, 2.75) is 13.3 Å². The topological polar surface area (TPSA) is 74.0 Å². The van der Waals surface area contributed by atoms with Crippen LogP contribution in [0.4, 0.5) is 4.39 Å². The summed E-state index contributed by atoms with van der Waals surface area (Å²) in [4.78, 5) is 27.7. The van der Waals surface area contributed by atoms with E-state index in [0.717, 1.165) is 27.8 Å². The summed E-state index contributed by atoms with van der Waals surface area (Å²) < 4.78 is 13.8. The number of hydrogen-bond donors (Lipinski definition) is 3. The van der Waals surface area contributed by atoms with Gasteiger partial charge in [0.1, 0.15) is 5.82 Å². The van der Waals surface area contributed by atoms with Crippen molar-refractivity contribution in [2.24, 2.45) is 0 Å². The predicted molar refractivity (Wildman–Crippen MR) is 129 cm³/mol. The van der Waals surface area contributed by atoms with Crippen LogP contribution in [-0.2, 0) is 6.42 Å². The SMILES string of the molecule is CNC(=O)c1cccc(-c2ccc(C(=O)NCCc3c(C)[nH]c4c(Cl)cc(F)cc34)cc2)c1. The van der Waals surface area contributed by atoms with Crippen LogP contribution in [0.1, 0.15) is 32.0 Å². The first kappa shape index (κ1) is 22.6. The number of H-pyrrole nitrogens is 1. The van der Waals surface area contributed by atoms with Gasteiger partial charge in [0.05, 0.1) is 10.5 Å². The first-order chi connectivity index (χ1) is 15.9. The smallest absolute Gasteiger partial charge is 0.251 e. The van der Waals surface area contributed by atoms with Gasteiger partial charge in [-0.2, -0.15) is 0 Å². The maximum atomic E-state index is 13.8. The number of nitrogens with one attached hydrogen (secondary N) is 3. The molecular weight excluding hydrogens is 441 g/mol. The average Bonchev–Trinajstić information content (AvgIpc) is 3.14. The van der Waals surface area contributed by atoms with Crippen molar-refractivity contribution < 1.29 is 14.0 Å². The molecule has 0 bridgehead atoms. The highest BCUT2D eigenvalue weighted by atomic mass is 35.5. The molecule has 0 atom stereocenters. The van der Waals surface area contributed by atoms with Gasteiger partial charge >= 0.3 is 0 Å². The number of amides is 2. The lowest BCUT2D eigenvalue weighted by Gasteiger charge is -2.08. The van der Waals surface area contributed by atoms with Crippen LogP contribution in [0.2, 0.25) is 5.02 Å². The van der Waals surface area contributed by atoms with Gasteiger partial charge in [-0.1, -0.05) is 35.9 Å². The van der Waals surface area contributed by atoms with E-state index >= 15 is 0 Å². The van der Waals surface area contributed by atoms with Gasteiger partial charge in [-0.3, -0.25) is 9.59 Å². The number of halogens is 2. The fourth-order valence-electron chi connectivity index (χ4n) is 3.93. The summed E-state index contributed by atoms with van der Waals surface area (Å²) in [6.45, 7) is 2.31. The van der Waals surface area contributed by atoms with Crippen LogP contribution in [0.25, 0.3) is 22.0 Å². The Labute approximate surface area is 196 Å². The lowest BCUT2D eigenvalue weighted by Crippen LogP contribution is -2.25. The summed E-state index contributed by atoms with van der Waals surface area (Å²) >= 11 is 6.14. The Morgan fingerprint density at radius 2 is 1.73 bits per heavy atom. The molecule has 33 heavy (non-hydrogen) atoms. The number of carbonyl (C=O) groups excluding carboxylic acids is 2. The third-order valence-electron chi connectivity index (χ3n) is 5.64. The molecule has 0 saturated carbocycles. The van der Waals surface area contributed by atoms with Crippen molar-refractivity contribution in [3.63, 3.8) is 0 Å². The Bertz CT molecular complexity index is 1350. The van der Waals surface area contributed by atoms with Gasteiger partial charge in [-0.25, -0.2) is 4.39 Å². The lowest BCUT2D eigenvalue weighted by atomic mass is 10.0.